The Balaban J connectivity index is 1.69. The van der Waals surface area contributed by atoms with Crippen LogP contribution < -0.4 is 5.43 Å². The summed E-state index contributed by atoms with van der Waals surface area (Å²) in [6, 6.07) is 4.28. The molecular weight excluding hydrogens is 292 g/mol. The molecule has 0 radical (unpaired) electrons. The van der Waals surface area contributed by atoms with E-state index in [-0.39, 0.29) is 22.3 Å². The number of phenolic OH excluding ortho intramolecular Hbond substituents is 2. The largest absolute Gasteiger partial charge is 0.504 e. The van der Waals surface area contributed by atoms with Crippen LogP contribution in [0.25, 0.3) is 11.0 Å². The molecule has 1 aromatic carbocycles. The van der Waals surface area contributed by atoms with Crippen LogP contribution in [0.4, 0.5) is 0 Å². The minimum atomic E-state index is -0.285. The number of benzene rings is 1. The van der Waals surface area contributed by atoms with Gasteiger partial charge in [0.1, 0.15) is 11.3 Å². The van der Waals surface area contributed by atoms with E-state index in [0.29, 0.717) is 11.0 Å². The molecule has 4 nitrogen and oxygen atoms in total. The summed E-state index contributed by atoms with van der Waals surface area (Å²) in [5.74, 6) is 2.58. The van der Waals surface area contributed by atoms with Gasteiger partial charge in [0, 0.05) is 17.5 Å². The smallest absolute Gasteiger partial charge is 0.193 e. The fourth-order valence-electron chi connectivity index (χ4n) is 5.85. The van der Waals surface area contributed by atoms with E-state index in [4.69, 9.17) is 4.42 Å². The Morgan fingerprint density at radius 1 is 0.913 bits per heavy atom. The first-order valence-corrected chi connectivity index (χ1v) is 8.53. The Hall–Kier alpha value is -1.97. The van der Waals surface area contributed by atoms with E-state index in [0.717, 1.165) is 42.8 Å². The maximum absolute atomic E-state index is 12.5. The number of rotatable bonds is 1. The molecule has 4 bridgehead atoms. The van der Waals surface area contributed by atoms with Gasteiger partial charge >= 0.3 is 0 Å². The lowest BCUT2D eigenvalue weighted by molar-refractivity contribution is -0.0150. The first-order chi connectivity index (χ1) is 11.0. The highest BCUT2D eigenvalue weighted by Crippen LogP contribution is 2.60. The molecule has 1 aromatic heterocycles. The SMILES string of the molecule is O=c1cc(C23CC4CC(CC(C4)C2)C3)oc2cc(O)c(O)cc12. The van der Waals surface area contributed by atoms with Gasteiger partial charge in [-0.25, -0.2) is 0 Å². The Labute approximate surface area is 133 Å². The Morgan fingerprint density at radius 2 is 1.48 bits per heavy atom. The molecule has 4 aliphatic carbocycles. The summed E-state index contributed by atoms with van der Waals surface area (Å²) < 4.78 is 6.09. The Bertz CT molecular complexity index is 828. The molecule has 2 aromatic rings. The zero-order chi connectivity index (χ0) is 15.8. The van der Waals surface area contributed by atoms with E-state index in [2.05, 4.69) is 0 Å². The second-order valence-corrected chi connectivity index (χ2v) is 8.01. The van der Waals surface area contributed by atoms with E-state index < -0.39 is 0 Å². The van der Waals surface area contributed by atoms with Crippen LogP contribution in [0.2, 0.25) is 0 Å². The number of aromatic hydroxyl groups is 2. The molecule has 0 unspecified atom stereocenters. The molecule has 2 N–H and O–H groups in total. The lowest BCUT2D eigenvalue weighted by Crippen LogP contribution is -2.48. The third kappa shape index (κ3) is 1.87. The molecule has 0 atom stereocenters. The lowest BCUT2D eigenvalue weighted by Gasteiger charge is -2.56. The minimum absolute atomic E-state index is 0.00953. The standard InChI is InChI=1S/C19H20O4/c20-14-6-18(23-17-5-16(22)15(21)4-13(14)17)19-7-10-1-11(8-19)3-12(2-10)9-19/h4-6,10-12,21-22H,1-3,7-9H2. The van der Waals surface area contributed by atoms with Gasteiger partial charge in [-0.05, 0) is 62.3 Å². The predicted octanol–water partition coefficient (Wildman–Crippen LogP) is 3.67. The molecule has 4 heteroatoms. The number of hydrogen-bond acceptors (Lipinski definition) is 4. The van der Waals surface area contributed by atoms with Gasteiger partial charge in [0.25, 0.3) is 0 Å². The van der Waals surface area contributed by atoms with Crippen LogP contribution in [0.5, 0.6) is 11.5 Å². The van der Waals surface area contributed by atoms with Crippen molar-refractivity contribution in [2.24, 2.45) is 17.8 Å². The molecule has 120 valence electrons. The highest BCUT2D eigenvalue weighted by atomic mass is 16.3. The monoisotopic (exact) mass is 312 g/mol. The predicted molar refractivity (Wildman–Crippen MR) is 85.7 cm³/mol. The molecule has 23 heavy (non-hydrogen) atoms. The highest BCUT2D eigenvalue weighted by molar-refractivity contribution is 5.80. The van der Waals surface area contributed by atoms with Crippen molar-refractivity contribution < 1.29 is 14.6 Å². The zero-order valence-corrected chi connectivity index (χ0v) is 12.9. The Morgan fingerprint density at radius 3 is 2.09 bits per heavy atom. The molecule has 6 rings (SSSR count). The fraction of sp³-hybridized carbons (Fsp3) is 0.526. The van der Waals surface area contributed by atoms with Gasteiger partial charge in [-0.3, -0.25) is 4.79 Å². The molecule has 0 spiro atoms. The normalized spacial score (nSPS) is 35.0. The van der Waals surface area contributed by atoms with Crippen LogP contribution in [-0.4, -0.2) is 10.2 Å². The summed E-state index contributed by atoms with van der Waals surface area (Å²) in [5, 5.41) is 19.7. The average Bonchev–Trinajstić information content (AvgIpc) is 2.48. The van der Waals surface area contributed by atoms with Gasteiger partial charge in [0.2, 0.25) is 0 Å². The lowest BCUT2D eigenvalue weighted by atomic mass is 9.49. The molecular formula is C19H20O4. The topological polar surface area (TPSA) is 70.7 Å². The molecule has 1 heterocycles. The number of hydrogen-bond donors (Lipinski definition) is 2. The Kier molecular flexibility index (Phi) is 2.52. The van der Waals surface area contributed by atoms with Crippen molar-refractivity contribution in [3.8, 4) is 11.5 Å². The van der Waals surface area contributed by atoms with Crippen LogP contribution in [0.3, 0.4) is 0 Å². The molecule has 4 aliphatic rings. The van der Waals surface area contributed by atoms with Crippen LogP contribution >= 0.6 is 0 Å². The molecule has 0 saturated heterocycles. The van der Waals surface area contributed by atoms with Crippen LogP contribution in [0.1, 0.15) is 44.3 Å². The first-order valence-electron chi connectivity index (χ1n) is 8.53. The van der Waals surface area contributed by atoms with E-state index >= 15 is 0 Å². The van der Waals surface area contributed by atoms with Gasteiger partial charge in [-0.15, -0.1) is 0 Å². The molecule has 0 amide bonds. The summed E-state index contributed by atoms with van der Waals surface area (Å²) in [6.07, 6.45) is 7.38. The summed E-state index contributed by atoms with van der Waals surface area (Å²) in [7, 11) is 0. The third-order valence-electron chi connectivity index (χ3n) is 6.39. The van der Waals surface area contributed by atoms with Crippen LogP contribution in [-0.2, 0) is 5.41 Å². The van der Waals surface area contributed by atoms with Crippen molar-refractivity contribution in [1.82, 2.24) is 0 Å². The van der Waals surface area contributed by atoms with E-state index in [1.54, 1.807) is 6.07 Å². The van der Waals surface area contributed by atoms with Crippen molar-refractivity contribution >= 4 is 11.0 Å². The van der Waals surface area contributed by atoms with Crippen molar-refractivity contribution in [3.05, 3.63) is 34.2 Å². The van der Waals surface area contributed by atoms with Gasteiger partial charge in [0.15, 0.2) is 16.9 Å². The highest BCUT2D eigenvalue weighted by Gasteiger charge is 2.53. The van der Waals surface area contributed by atoms with Crippen LogP contribution in [0, 0.1) is 17.8 Å². The number of fused-ring (bicyclic) bond motifs is 1. The van der Waals surface area contributed by atoms with E-state index in [1.807, 2.05) is 0 Å². The van der Waals surface area contributed by atoms with Crippen molar-refractivity contribution in [3.63, 3.8) is 0 Å². The van der Waals surface area contributed by atoms with E-state index in [9.17, 15) is 15.0 Å². The van der Waals surface area contributed by atoms with Gasteiger partial charge in [-0.1, -0.05) is 0 Å². The quantitative estimate of drug-likeness (QED) is 0.788. The van der Waals surface area contributed by atoms with Crippen molar-refractivity contribution in [1.29, 1.82) is 0 Å². The number of phenols is 2. The average molecular weight is 312 g/mol. The summed E-state index contributed by atoms with van der Waals surface area (Å²) in [6.45, 7) is 0. The molecule has 4 saturated carbocycles. The van der Waals surface area contributed by atoms with Crippen LogP contribution in [0.15, 0.2) is 27.4 Å². The minimum Gasteiger partial charge on any atom is -0.504 e. The van der Waals surface area contributed by atoms with E-state index in [1.165, 1.54) is 31.4 Å². The van der Waals surface area contributed by atoms with Crippen molar-refractivity contribution in [2.75, 3.05) is 0 Å². The van der Waals surface area contributed by atoms with Gasteiger partial charge in [0.05, 0.1) is 5.39 Å². The molecule has 0 aliphatic heterocycles. The second-order valence-electron chi connectivity index (χ2n) is 8.01. The first kappa shape index (κ1) is 13.5. The summed E-state index contributed by atoms with van der Waals surface area (Å²) in [5.41, 5.74) is 0.251. The van der Waals surface area contributed by atoms with Gasteiger partial charge < -0.3 is 14.6 Å². The second kappa shape index (κ2) is 4.31. The van der Waals surface area contributed by atoms with Gasteiger partial charge in [-0.2, -0.15) is 0 Å². The zero-order valence-electron chi connectivity index (χ0n) is 12.9. The van der Waals surface area contributed by atoms with Crippen molar-refractivity contribution in [2.45, 2.75) is 43.9 Å². The summed E-state index contributed by atoms with van der Waals surface area (Å²) >= 11 is 0. The summed E-state index contributed by atoms with van der Waals surface area (Å²) in [4.78, 5) is 12.5. The maximum Gasteiger partial charge on any atom is 0.193 e. The fourth-order valence-corrected chi connectivity index (χ4v) is 5.85. The molecule has 4 fully saturated rings. The third-order valence-corrected chi connectivity index (χ3v) is 6.39. The maximum atomic E-state index is 12.5.